The molecule has 0 saturated carbocycles. The van der Waals surface area contributed by atoms with Gasteiger partial charge in [-0.05, 0) is 50.9 Å². The van der Waals surface area contributed by atoms with Gasteiger partial charge in [-0.25, -0.2) is 24.3 Å². The van der Waals surface area contributed by atoms with Gasteiger partial charge in [-0.15, -0.1) is 0 Å². The van der Waals surface area contributed by atoms with Crippen molar-refractivity contribution >= 4 is 22.6 Å². The van der Waals surface area contributed by atoms with E-state index in [-0.39, 0.29) is 11.0 Å². The standard InChI is InChI=1S/C31H37FN8O/c1-5-31(2,23-8-6-7-22-28(30(41)33-3)24(32)17-36-29(22)23)18-37-27-14-25(38-19-39-27)21-15-34-26(35-16-21)13-20-9-11-40(4)12-10-20/h6-8,14-17,19-20H,5,9-13,18H2,1-4H3,(H,33,41)(H,37,38,39)/t31-/m0/s1. The van der Waals surface area contributed by atoms with E-state index in [1.807, 2.05) is 30.6 Å². The topological polar surface area (TPSA) is 109 Å². The summed E-state index contributed by atoms with van der Waals surface area (Å²) in [6.07, 6.45) is 10.4. The highest BCUT2D eigenvalue weighted by molar-refractivity contribution is 6.06. The van der Waals surface area contributed by atoms with Crippen molar-refractivity contribution in [3.8, 4) is 11.3 Å². The van der Waals surface area contributed by atoms with Crippen LogP contribution in [-0.4, -0.2) is 69.5 Å². The summed E-state index contributed by atoms with van der Waals surface area (Å²) in [7, 11) is 3.66. The number of pyridine rings is 1. The lowest BCUT2D eigenvalue weighted by Gasteiger charge is -2.30. The second-order valence-corrected chi connectivity index (χ2v) is 11.2. The van der Waals surface area contributed by atoms with Crippen LogP contribution in [-0.2, 0) is 11.8 Å². The highest BCUT2D eigenvalue weighted by Crippen LogP contribution is 2.34. The van der Waals surface area contributed by atoms with Crippen molar-refractivity contribution < 1.29 is 9.18 Å². The molecule has 1 amide bonds. The van der Waals surface area contributed by atoms with Crippen LogP contribution >= 0.6 is 0 Å². The number of likely N-dealkylation sites (tertiary alicyclic amines) is 1. The van der Waals surface area contributed by atoms with Gasteiger partial charge in [0.15, 0.2) is 5.82 Å². The molecule has 4 aromatic rings. The van der Waals surface area contributed by atoms with Crippen molar-refractivity contribution in [1.29, 1.82) is 0 Å². The Morgan fingerprint density at radius 1 is 1.10 bits per heavy atom. The minimum atomic E-state index is -0.641. The van der Waals surface area contributed by atoms with Crippen LogP contribution in [0.2, 0.25) is 0 Å². The lowest BCUT2D eigenvalue weighted by Crippen LogP contribution is -2.31. The first-order valence-electron chi connectivity index (χ1n) is 14.2. The smallest absolute Gasteiger partial charge is 0.254 e. The number of hydrogen-bond acceptors (Lipinski definition) is 8. The predicted octanol–water partition coefficient (Wildman–Crippen LogP) is 4.64. The monoisotopic (exact) mass is 556 g/mol. The van der Waals surface area contributed by atoms with E-state index in [4.69, 9.17) is 0 Å². The van der Waals surface area contributed by atoms with Crippen molar-refractivity contribution in [3.05, 3.63) is 72.0 Å². The molecule has 5 rings (SSSR count). The predicted molar refractivity (Wildman–Crippen MR) is 158 cm³/mol. The molecule has 0 radical (unpaired) electrons. The second kappa shape index (κ2) is 12.2. The fraction of sp³-hybridized carbons (Fsp3) is 0.419. The van der Waals surface area contributed by atoms with Crippen molar-refractivity contribution in [1.82, 2.24) is 35.1 Å². The average Bonchev–Trinajstić information content (AvgIpc) is 3.01. The molecule has 0 bridgehead atoms. The van der Waals surface area contributed by atoms with Crippen LogP contribution in [0.1, 0.15) is 54.9 Å². The van der Waals surface area contributed by atoms with Crippen LogP contribution in [0.4, 0.5) is 10.2 Å². The molecule has 2 N–H and O–H groups in total. The molecule has 1 aliphatic heterocycles. The lowest BCUT2D eigenvalue weighted by molar-refractivity contribution is 0.0960. The number of carbonyl (C=O) groups is 1. The van der Waals surface area contributed by atoms with Crippen molar-refractivity contribution in [3.63, 3.8) is 0 Å². The number of benzene rings is 1. The normalized spacial score (nSPS) is 15.9. The number of aromatic nitrogens is 5. The molecule has 41 heavy (non-hydrogen) atoms. The summed E-state index contributed by atoms with van der Waals surface area (Å²) in [5.41, 5.74) is 2.74. The number of piperidine rings is 1. The van der Waals surface area contributed by atoms with Crippen molar-refractivity contribution in [2.45, 2.75) is 44.9 Å². The van der Waals surface area contributed by atoms with E-state index in [1.165, 1.54) is 26.2 Å². The molecule has 0 unspecified atom stereocenters. The Morgan fingerprint density at radius 2 is 1.85 bits per heavy atom. The van der Waals surface area contributed by atoms with Gasteiger partial charge in [0.1, 0.15) is 18.0 Å². The number of carbonyl (C=O) groups excluding carboxylic acids is 1. The summed E-state index contributed by atoms with van der Waals surface area (Å²) < 4.78 is 14.6. The molecular formula is C31H37FN8O. The van der Waals surface area contributed by atoms with Gasteiger partial charge in [0, 0.05) is 54.8 Å². The zero-order chi connectivity index (χ0) is 29.0. The third kappa shape index (κ3) is 6.17. The zero-order valence-corrected chi connectivity index (χ0v) is 24.1. The third-order valence-corrected chi connectivity index (χ3v) is 8.37. The number of nitrogens with one attached hydrogen (secondary N) is 2. The van der Waals surface area contributed by atoms with E-state index in [9.17, 15) is 9.18 Å². The minimum Gasteiger partial charge on any atom is -0.369 e. The Kier molecular flexibility index (Phi) is 8.49. The number of amides is 1. The molecule has 4 heterocycles. The molecule has 3 aromatic heterocycles. The van der Waals surface area contributed by atoms with E-state index < -0.39 is 11.7 Å². The Labute approximate surface area is 240 Å². The molecule has 1 saturated heterocycles. The molecule has 1 atom stereocenters. The van der Waals surface area contributed by atoms with E-state index in [0.717, 1.165) is 54.8 Å². The fourth-order valence-corrected chi connectivity index (χ4v) is 5.47. The summed E-state index contributed by atoms with van der Waals surface area (Å²) in [5, 5.41) is 6.48. The maximum atomic E-state index is 14.6. The van der Waals surface area contributed by atoms with Gasteiger partial charge in [-0.3, -0.25) is 9.78 Å². The number of para-hydroxylation sites is 1. The van der Waals surface area contributed by atoms with Gasteiger partial charge < -0.3 is 15.5 Å². The molecule has 1 aromatic carbocycles. The number of halogens is 1. The van der Waals surface area contributed by atoms with Crippen LogP contribution in [0.25, 0.3) is 22.2 Å². The Bertz CT molecular complexity index is 1520. The molecule has 9 nitrogen and oxygen atoms in total. The summed E-state index contributed by atoms with van der Waals surface area (Å²) in [5.74, 6) is 1.06. The van der Waals surface area contributed by atoms with Crippen LogP contribution < -0.4 is 10.6 Å². The molecular weight excluding hydrogens is 519 g/mol. The van der Waals surface area contributed by atoms with Gasteiger partial charge in [0.2, 0.25) is 0 Å². The van der Waals surface area contributed by atoms with E-state index >= 15 is 0 Å². The highest BCUT2D eigenvalue weighted by atomic mass is 19.1. The number of rotatable bonds is 9. The maximum Gasteiger partial charge on any atom is 0.254 e. The number of fused-ring (bicyclic) bond motifs is 1. The Hall–Kier alpha value is -4.05. The third-order valence-electron chi connectivity index (χ3n) is 8.37. The van der Waals surface area contributed by atoms with E-state index in [1.54, 1.807) is 6.07 Å². The maximum absolute atomic E-state index is 14.6. The minimum absolute atomic E-state index is 0.00536. The summed E-state index contributed by atoms with van der Waals surface area (Å²) in [4.78, 5) is 37.4. The van der Waals surface area contributed by atoms with Crippen LogP contribution in [0.15, 0.2) is 49.2 Å². The first-order chi connectivity index (χ1) is 19.8. The summed E-state index contributed by atoms with van der Waals surface area (Å²) in [6, 6.07) is 7.47. The van der Waals surface area contributed by atoms with Crippen LogP contribution in [0.3, 0.4) is 0 Å². The SMILES string of the molecule is CC[C@@](C)(CNc1cc(-c2cnc(CC3CCN(C)CC3)nc2)ncn1)c1cccc2c(C(=O)NC)c(F)cnc12. The van der Waals surface area contributed by atoms with Gasteiger partial charge in [0.25, 0.3) is 5.91 Å². The van der Waals surface area contributed by atoms with Gasteiger partial charge >= 0.3 is 0 Å². The quantitative estimate of drug-likeness (QED) is 0.307. The van der Waals surface area contributed by atoms with Crippen LogP contribution in [0, 0.1) is 11.7 Å². The lowest BCUT2D eigenvalue weighted by atomic mass is 9.78. The summed E-state index contributed by atoms with van der Waals surface area (Å²) >= 11 is 0. The Morgan fingerprint density at radius 3 is 2.56 bits per heavy atom. The first-order valence-corrected chi connectivity index (χ1v) is 14.2. The van der Waals surface area contributed by atoms with Crippen molar-refractivity contribution in [2.75, 3.05) is 39.0 Å². The second-order valence-electron chi connectivity index (χ2n) is 11.2. The van der Waals surface area contributed by atoms with Gasteiger partial charge in [-0.1, -0.05) is 32.0 Å². The highest BCUT2D eigenvalue weighted by Gasteiger charge is 2.29. The molecule has 10 heteroatoms. The molecule has 1 aliphatic rings. The molecule has 214 valence electrons. The van der Waals surface area contributed by atoms with E-state index in [0.29, 0.717) is 29.2 Å². The molecule has 0 spiro atoms. The number of hydrogen-bond donors (Lipinski definition) is 2. The molecule has 1 fully saturated rings. The molecule has 0 aliphatic carbocycles. The van der Waals surface area contributed by atoms with E-state index in [2.05, 4.69) is 61.3 Å². The van der Waals surface area contributed by atoms with Gasteiger partial charge in [0.05, 0.1) is 23.0 Å². The average molecular weight is 557 g/mol. The Balaban J connectivity index is 1.33. The van der Waals surface area contributed by atoms with Gasteiger partial charge in [-0.2, -0.15) is 0 Å². The first kappa shape index (κ1) is 28.5. The zero-order valence-electron chi connectivity index (χ0n) is 24.1. The number of nitrogens with zero attached hydrogens (tertiary/aromatic N) is 6. The number of anilines is 1. The summed E-state index contributed by atoms with van der Waals surface area (Å²) in [6.45, 7) is 7.02. The van der Waals surface area contributed by atoms with Crippen molar-refractivity contribution in [2.24, 2.45) is 5.92 Å². The largest absolute Gasteiger partial charge is 0.369 e. The fourth-order valence-electron chi connectivity index (χ4n) is 5.47. The van der Waals surface area contributed by atoms with Crippen LogP contribution in [0.5, 0.6) is 0 Å².